The molecule has 2 aliphatic rings. The molecule has 2 N–H and O–H groups in total. The van der Waals surface area contributed by atoms with Crippen molar-refractivity contribution >= 4 is 5.91 Å². The van der Waals surface area contributed by atoms with Crippen LogP contribution in [0.25, 0.3) is 0 Å². The zero-order chi connectivity index (χ0) is 14.1. The van der Waals surface area contributed by atoms with Crippen LogP contribution in [0.3, 0.4) is 0 Å². The topological polar surface area (TPSA) is 72.1 Å². The van der Waals surface area contributed by atoms with Crippen LogP contribution in [0.1, 0.15) is 61.3 Å². The van der Waals surface area contributed by atoms with Gasteiger partial charge in [-0.3, -0.25) is 4.79 Å². The molecule has 0 unspecified atom stereocenters. The quantitative estimate of drug-likeness (QED) is 0.910. The van der Waals surface area contributed by atoms with Crippen LogP contribution in [0.4, 0.5) is 0 Å². The average Bonchev–Trinajstić information content (AvgIpc) is 3.31. The van der Waals surface area contributed by atoms with E-state index in [0.717, 1.165) is 44.5 Å². The summed E-state index contributed by atoms with van der Waals surface area (Å²) in [6, 6.07) is 1.86. The summed E-state index contributed by atoms with van der Waals surface area (Å²) in [5.74, 6) is 1.30. The zero-order valence-electron chi connectivity index (χ0n) is 12.0. The molecule has 1 aliphatic carbocycles. The Morgan fingerprint density at radius 3 is 2.90 bits per heavy atom. The summed E-state index contributed by atoms with van der Waals surface area (Å²) in [6.07, 6.45) is 7.18. The number of hydrogen-bond acceptors (Lipinski definition) is 4. The molecule has 5 heteroatoms. The number of hydrogen-bond donors (Lipinski definition) is 1. The summed E-state index contributed by atoms with van der Waals surface area (Å²) in [7, 11) is 0. The van der Waals surface area contributed by atoms with Gasteiger partial charge in [0.2, 0.25) is 0 Å². The molecule has 5 nitrogen and oxygen atoms in total. The number of nitrogens with zero attached hydrogens (tertiary/aromatic N) is 3. The summed E-state index contributed by atoms with van der Waals surface area (Å²) in [5, 5.41) is 0. The molecule has 0 spiro atoms. The molecular weight excluding hydrogens is 252 g/mol. The van der Waals surface area contributed by atoms with Crippen LogP contribution >= 0.6 is 0 Å². The van der Waals surface area contributed by atoms with Gasteiger partial charge in [0.25, 0.3) is 5.91 Å². The Morgan fingerprint density at radius 1 is 1.40 bits per heavy atom. The van der Waals surface area contributed by atoms with E-state index in [1.807, 2.05) is 11.8 Å². The smallest absolute Gasteiger partial charge is 0.272 e. The van der Waals surface area contributed by atoms with Gasteiger partial charge in [0.15, 0.2) is 0 Å². The van der Waals surface area contributed by atoms with Crippen molar-refractivity contribution in [2.75, 3.05) is 6.54 Å². The Morgan fingerprint density at radius 2 is 2.20 bits per heavy atom. The minimum atomic E-state index is 0.00369. The molecular formula is C15H22N4O. The first kappa shape index (κ1) is 13.5. The van der Waals surface area contributed by atoms with E-state index in [1.54, 1.807) is 12.3 Å². The van der Waals surface area contributed by atoms with E-state index in [2.05, 4.69) is 9.97 Å². The fourth-order valence-electron chi connectivity index (χ4n) is 2.93. The highest BCUT2D eigenvalue weighted by molar-refractivity contribution is 5.92. The van der Waals surface area contributed by atoms with E-state index in [1.165, 1.54) is 0 Å². The highest BCUT2D eigenvalue weighted by Gasteiger charge is 2.32. The predicted octanol–water partition coefficient (Wildman–Crippen LogP) is 1.70. The summed E-state index contributed by atoms with van der Waals surface area (Å²) in [6.45, 7) is 2.76. The first-order valence-electron chi connectivity index (χ1n) is 7.56. The van der Waals surface area contributed by atoms with E-state index in [9.17, 15) is 4.79 Å². The van der Waals surface area contributed by atoms with Gasteiger partial charge in [-0.1, -0.05) is 0 Å². The van der Waals surface area contributed by atoms with Gasteiger partial charge in [-0.25, -0.2) is 9.97 Å². The third-order valence-corrected chi connectivity index (χ3v) is 4.25. The third kappa shape index (κ3) is 2.68. The van der Waals surface area contributed by atoms with Crippen molar-refractivity contribution in [3.05, 3.63) is 23.8 Å². The van der Waals surface area contributed by atoms with Crippen molar-refractivity contribution in [3.63, 3.8) is 0 Å². The lowest BCUT2D eigenvalue weighted by molar-refractivity contribution is 0.0577. The molecule has 20 heavy (non-hydrogen) atoms. The van der Waals surface area contributed by atoms with Gasteiger partial charge in [0.1, 0.15) is 11.5 Å². The average molecular weight is 274 g/mol. The van der Waals surface area contributed by atoms with Crippen molar-refractivity contribution in [1.29, 1.82) is 0 Å². The molecule has 1 saturated heterocycles. The van der Waals surface area contributed by atoms with E-state index < -0.39 is 0 Å². The first-order valence-corrected chi connectivity index (χ1v) is 7.56. The summed E-state index contributed by atoms with van der Waals surface area (Å²) < 4.78 is 0. The van der Waals surface area contributed by atoms with Crippen LogP contribution in [0.5, 0.6) is 0 Å². The number of likely N-dealkylation sites (tertiary alicyclic amines) is 1. The molecule has 2 fully saturated rings. The van der Waals surface area contributed by atoms with Crippen molar-refractivity contribution in [2.45, 2.75) is 57.0 Å². The Balaban J connectivity index is 1.81. The number of rotatable bonds is 3. The van der Waals surface area contributed by atoms with Crippen molar-refractivity contribution < 1.29 is 4.79 Å². The number of carbonyl (C=O) groups is 1. The van der Waals surface area contributed by atoms with Gasteiger partial charge in [0, 0.05) is 30.7 Å². The second-order valence-electron chi connectivity index (χ2n) is 6.00. The lowest BCUT2D eigenvalue weighted by Gasteiger charge is -2.37. The fourth-order valence-corrected chi connectivity index (χ4v) is 2.93. The second-order valence-corrected chi connectivity index (χ2v) is 6.00. The van der Waals surface area contributed by atoms with E-state index in [4.69, 9.17) is 5.73 Å². The Hall–Kier alpha value is -1.49. The Labute approximate surface area is 119 Å². The van der Waals surface area contributed by atoms with Crippen LogP contribution in [-0.2, 0) is 0 Å². The van der Waals surface area contributed by atoms with Gasteiger partial charge < -0.3 is 10.6 Å². The van der Waals surface area contributed by atoms with Crippen LogP contribution in [-0.4, -0.2) is 39.4 Å². The monoisotopic (exact) mass is 274 g/mol. The fraction of sp³-hybridized carbons (Fsp3) is 0.667. The molecule has 1 aromatic heterocycles. The maximum absolute atomic E-state index is 12.7. The highest BCUT2D eigenvalue weighted by Crippen LogP contribution is 2.37. The minimum Gasteiger partial charge on any atom is -0.333 e. The van der Waals surface area contributed by atoms with E-state index in [0.29, 0.717) is 11.6 Å². The number of carbonyl (C=O) groups excluding carboxylic acids is 1. The molecule has 0 radical (unpaired) electrons. The number of piperidine rings is 1. The van der Waals surface area contributed by atoms with Gasteiger partial charge in [0.05, 0.1) is 0 Å². The van der Waals surface area contributed by atoms with Crippen LogP contribution < -0.4 is 5.73 Å². The molecule has 0 aromatic carbocycles. The lowest BCUT2D eigenvalue weighted by atomic mass is 9.96. The highest BCUT2D eigenvalue weighted by atomic mass is 16.2. The lowest BCUT2D eigenvalue weighted by Crippen LogP contribution is -2.51. The first-order chi connectivity index (χ1) is 9.66. The van der Waals surface area contributed by atoms with Gasteiger partial charge >= 0.3 is 0 Å². The summed E-state index contributed by atoms with van der Waals surface area (Å²) in [5.41, 5.74) is 6.56. The maximum atomic E-state index is 12.7. The van der Waals surface area contributed by atoms with Crippen LogP contribution in [0, 0.1) is 0 Å². The van der Waals surface area contributed by atoms with E-state index in [-0.39, 0.29) is 18.0 Å². The Kier molecular flexibility index (Phi) is 3.70. The predicted molar refractivity (Wildman–Crippen MR) is 76.3 cm³/mol. The normalized spacial score (nSPS) is 24.5. The molecule has 0 bridgehead atoms. The van der Waals surface area contributed by atoms with Gasteiger partial charge in [-0.05, 0) is 45.1 Å². The van der Waals surface area contributed by atoms with Crippen molar-refractivity contribution in [3.8, 4) is 0 Å². The van der Waals surface area contributed by atoms with E-state index >= 15 is 0 Å². The molecule has 108 valence electrons. The third-order valence-electron chi connectivity index (χ3n) is 4.25. The number of amides is 1. The van der Waals surface area contributed by atoms with Gasteiger partial charge in [-0.2, -0.15) is 0 Å². The standard InChI is InChI=1S/C15H22N4O/c1-10(16)13-4-2-3-9-19(13)15(20)12-7-8-17-14(18-12)11-5-6-11/h7-8,10-11,13H,2-6,9,16H2,1H3/t10-,13-/m1/s1. The van der Waals surface area contributed by atoms with Crippen LogP contribution in [0.15, 0.2) is 12.3 Å². The molecule has 1 amide bonds. The molecule has 1 saturated carbocycles. The summed E-state index contributed by atoms with van der Waals surface area (Å²) >= 11 is 0. The summed E-state index contributed by atoms with van der Waals surface area (Å²) in [4.78, 5) is 23.3. The van der Waals surface area contributed by atoms with Crippen molar-refractivity contribution in [1.82, 2.24) is 14.9 Å². The second kappa shape index (κ2) is 5.48. The molecule has 2 atom stereocenters. The largest absolute Gasteiger partial charge is 0.333 e. The number of aromatic nitrogens is 2. The minimum absolute atomic E-state index is 0.00369. The SMILES string of the molecule is C[C@@H](N)[C@H]1CCCCN1C(=O)c1ccnc(C2CC2)n1. The maximum Gasteiger partial charge on any atom is 0.272 e. The molecule has 2 heterocycles. The zero-order valence-corrected chi connectivity index (χ0v) is 12.0. The molecule has 1 aromatic rings. The van der Waals surface area contributed by atoms with Crippen LogP contribution in [0.2, 0.25) is 0 Å². The van der Waals surface area contributed by atoms with Gasteiger partial charge in [-0.15, -0.1) is 0 Å². The Bertz CT molecular complexity index is 498. The van der Waals surface area contributed by atoms with Crippen molar-refractivity contribution in [2.24, 2.45) is 5.73 Å². The molecule has 3 rings (SSSR count). The number of nitrogens with two attached hydrogens (primary N) is 1. The molecule has 1 aliphatic heterocycles.